The lowest BCUT2D eigenvalue weighted by molar-refractivity contribution is -0.113. The maximum atomic E-state index is 11.7. The first-order chi connectivity index (χ1) is 8.26. The summed E-state index contributed by atoms with van der Waals surface area (Å²) >= 11 is 0. The molecule has 1 unspecified atom stereocenters. The van der Waals surface area contributed by atoms with Gasteiger partial charge in [0.1, 0.15) is 5.71 Å². The summed E-state index contributed by atoms with van der Waals surface area (Å²) in [4.78, 5) is 11.7. The molecule has 5 nitrogen and oxygen atoms in total. The quantitative estimate of drug-likeness (QED) is 0.572. The molecule has 0 aromatic heterocycles. The summed E-state index contributed by atoms with van der Waals surface area (Å²) in [6.07, 6.45) is 0.661. The van der Waals surface area contributed by atoms with Gasteiger partial charge in [-0.25, -0.2) is 0 Å². The van der Waals surface area contributed by atoms with Gasteiger partial charge in [0, 0.05) is 12.8 Å². The Kier molecular flexibility index (Phi) is 3.18. The first-order valence-electron chi connectivity index (χ1n) is 5.27. The van der Waals surface area contributed by atoms with Gasteiger partial charge in [-0.1, -0.05) is 40.6 Å². The van der Waals surface area contributed by atoms with Crippen LogP contribution in [0.3, 0.4) is 0 Å². The number of hydrogen-bond donors (Lipinski definition) is 2. The number of carbonyl (C=O) groups is 1. The van der Waals surface area contributed by atoms with Gasteiger partial charge < -0.3 is 10.4 Å². The van der Waals surface area contributed by atoms with Gasteiger partial charge in [-0.05, 0) is 11.5 Å². The summed E-state index contributed by atoms with van der Waals surface area (Å²) in [7, 11) is 0. The zero-order chi connectivity index (χ0) is 12.3. The second kappa shape index (κ2) is 4.78. The van der Waals surface area contributed by atoms with Crippen molar-refractivity contribution in [2.75, 3.05) is 0 Å². The minimum Gasteiger partial charge on any atom is -0.411 e. The third-order valence-corrected chi connectivity index (χ3v) is 2.90. The summed E-state index contributed by atoms with van der Waals surface area (Å²) in [5, 5.41) is 23.4. The molecule has 0 spiro atoms. The van der Waals surface area contributed by atoms with Crippen molar-refractivity contribution in [1.29, 1.82) is 0 Å². The van der Waals surface area contributed by atoms with Gasteiger partial charge in [-0.2, -0.15) is 0 Å². The first kappa shape index (κ1) is 11.3. The predicted molar refractivity (Wildman–Crippen MR) is 61.9 cm³/mol. The van der Waals surface area contributed by atoms with Crippen LogP contribution in [0.4, 0.5) is 0 Å². The van der Waals surface area contributed by atoms with E-state index in [1.807, 2.05) is 30.3 Å². The van der Waals surface area contributed by atoms with Crippen molar-refractivity contribution in [3.63, 3.8) is 0 Å². The van der Waals surface area contributed by atoms with Crippen LogP contribution in [0.1, 0.15) is 24.3 Å². The van der Waals surface area contributed by atoms with Crippen LogP contribution >= 0.6 is 0 Å². The number of nitrogens with zero attached hydrogens (tertiary/aromatic N) is 2. The van der Waals surface area contributed by atoms with Gasteiger partial charge in [0.2, 0.25) is 0 Å². The SMILES string of the molecule is O=C1CC(c2ccccc2)CC(=N\O)/C1=N\O. The van der Waals surface area contributed by atoms with E-state index < -0.39 is 0 Å². The van der Waals surface area contributed by atoms with E-state index in [0.717, 1.165) is 5.56 Å². The Labute approximate surface area is 98.1 Å². The highest BCUT2D eigenvalue weighted by Gasteiger charge is 2.32. The van der Waals surface area contributed by atoms with Crippen LogP contribution in [0.5, 0.6) is 0 Å². The Hall–Kier alpha value is -2.17. The molecule has 5 heteroatoms. The Morgan fingerprint density at radius 1 is 1.06 bits per heavy atom. The molecule has 1 fully saturated rings. The number of carbonyl (C=O) groups excluding carboxylic acids is 1. The fraction of sp³-hybridized carbons (Fsp3) is 0.250. The van der Waals surface area contributed by atoms with Crippen LogP contribution in [0.15, 0.2) is 40.6 Å². The van der Waals surface area contributed by atoms with E-state index in [1.54, 1.807) is 0 Å². The highest BCUT2D eigenvalue weighted by atomic mass is 16.4. The monoisotopic (exact) mass is 232 g/mol. The van der Waals surface area contributed by atoms with Crippen molar-refractivity contribution in [2.24, 2.45) is 10.3 Å². The standard InChI is InChI=1S/C12H12N2O3/c15-11-7-9(8-4-2-1-3-5-8)6-10(13-16)12(11)14-17/h1-5,9,16-17H,6-7H2/b13-10+,14-12+. The molecule has 17 heavy (non-hydrogen) atoms. The molecule has 0 amide bonds. The fourth-order valence-electron chi connectivity index (χ4n) is 2.05. The molecule has 1 aromatic rings. The molecule has 1 aliphatic carbocycles. The molecule has 1 atom stereocenters. The van der Waals surface area contributed by atoms with E-state index in [-0.39, 0.29) is 29.5 Å². The van der Waals surface area contributed by atoms with E-state index in [9.17, 15) is 4.79 Å². The van der Waals surface area contributed by atoms with Gasteiger partial charge >= 0.3 is 0 Å². The number of benzene rings is 1. The molecule has 1 aromatic carbocycles. The summed E-state index contributed by atoms with van der Waals surface area (Å²) in [6.45, 7) is 0. The average Bonchev–Trinajstić information content (AvgIpc) is 2.38. The van der Waals surface area contributed by atoms with Gasteiger partial charge in [0.15, 0.2) is 11.5 Å². The molecule has 88 valence electrons. The molecule has 0 bridgehead atoms. The largest absolute Gasteiger partial charge is 0.411 e. The van der Waals surface area contributed by atoms with E-state index in [0.29, 0.717) is 6.42 Å². The second-order valence-electron chi connectivity index (χ2n) is 3.93. The number of Topliss-reactive ketones (excluding diaryl/α,β-unsaturated/α-hetero) is 1. The highest BCUT2D eigenvalue weighted by Crippen LogP contribution is 2.28. The average molecular weight is 232 g/mol. The Morgan fingerprint density at radius 3 is 2.35 bits per heavy atom. The minimum atomic E-state index is -0.305. The molecule has 0 aliphatic heterocycles. The number of hydrogen-bond acceptors (Lipinski definition) is 5. The zero-order valence-electron chi connectivity index (χ0n) is 9.08. The van der Waals surface area contributed by atoms with E-state index in [4.69, 9.17) is 10.4 Å². The third kappa shape index (κ3) is 2.18. The summed E-state index contributed by atoms with van der Waals surface area (Å²) in [5.41, 5.74) is 1.01. The van der Waals surface area contributed by atoms with Gasteiger partial charge in [-0.15, -0.1) is 0 Å². The van der Waals surface area contributed by atoms with E-state index in [1.165, 1.54) is 0 Å². The summed E-state index contributed by atoms with van der Waals surface area (Å²) < 4.78 is 0. The van der Waals surface area contributed by atoms with Crippen molar-refractivity contribution in [1.82, 2.24) is 0 Å². The van der Waals surface area contributed by atoms with Gasteiger partial charge in [0.05, 0.1) is 0 Å². The van der Waals surface area contributed by atoms with Crippen molar-refractivity contribution in [3.8, 4) is 0 Å². The van der Waals surface area contributed by atoms with E-state index in [2.05, 4.69) is 10.3 Å². The lowest BCUT2D eigenvalue weighted by Gasteiger charge is -2.22. The van der Waals surface area contributed by atoms with Crippen LogP contribution in [-0.4, -0.2) is 27.6 Å². The molecule has 1 aliphatic rings. The van der Waals surface area contributed by atoms with Crippen molar-refractivity contribution >= 4 is 17.2 Å². The van der Waals surface area contributed by atoms with Crippen LogP contribution in [0.2, 0.25) is 0 Å². The van der Waals surface area contributed by atoms with Crippen LogP contribution in [0.25, 0.3) is 0 Å². The lowest BCUT2D eigenvalue weighted by Crippen LogP contribution is -2.33. The number of rotatable bonds is 1. The topological polar surface area (TPSA) is 82.2 Å². The summed E-state index contributed by atoms with van der Waals surface area (Å²) in [6, 6.07) is 9.54. The normalized spacial score (nSPS) is 25.4. The smallest absolute Gasteiger partial charge is 0.187 e. The molecule has 1 saturated carbocycles. The van der Waals surface area contributed by atoms with Gasteiger partial charge in [0.25, 0.3) is 0 Å². The van der Waals surface area contributed by atoms with Gasteiger partial charge in [-0.3, -0.25) is 4.79 Å². The predicted octanol–water partition coefficient (Wildman–Crippen LogP) is 1.79. The number of ketones is 1. The first-order valence-corrected chi connectivity index (χ1v) is 5.27. The Balaban J connectivity index is 2.29. The molecular formula is C12H12N2O3. The Morgan fingerprint density at radius 2 is 1.76 bits per heavy atom. The number of oxime groups is 2. The Bertz CT molecular complexity index is 480. The maximum absolute atomic E-state index is 11.7. The molecule has 2 N–H and O–H groups in total. The molecule has 0 saturated heterocycles. The van der Waals surface area contributed by atoms with Crippen LogP contribution in [0, 0.1) is 0 Å². The highest BCUT2D eigenvalue weighted by molar-refractivity contribution is 6.68. The minimum absolute atomic E-state index is 0.0277. The molecule has 2 rings (SSSR count). The fourth-order valence-corrected chi connectivity index (χ4v) is 2.05. The van der Waals surface area contributed by atoms with Crippen molar-refractivity contribution < 1.29 is 15.2 Å². The summed E-state index contributed by atoms with van der Waals surface area (Å²) in [5.74, 6) is -0.333. The van der Waals surface area contributed by atoms with Crippen molar-refractivity contribution in [2.45, 2.75) is 18.8 Å². The third-order valence-electron chi connectivity index (χ3n) is 2.90. The van der Waals surface area contributed by atoms with Crippen molar-refractivity contribution in [3.05, 3.63) is 35.9 Å². The lowest BCUT2D eigenvalue weighted by atomic mass is 9.81. The molecular weight excluding hydrogens is 220 g/mol. The second-order valence-corrected chi connectivity index (χ2v) is 3.93. The molecule has 0 radical (unpaired) electrons. The van der Waals surface area contributed by atoms with Crippen LogP contribution in [-0.2, 0) is 4.79 Å². The zero-order valence-corrected chi connectivity index (χ0v) is 9.08. The molecule has 0 heterocycles. The maximum Gasteiger partial charge on any atom is 0.187 e. The van der Waals surface area contributed by atoms with E-state index >= 15 is 0 Å². The van der Waals surface area contributed by atoms with Crippen LogP contribution < -0.4 is 0 Å².